The third-order valence-electron chi connectivity index (χ3n) is 4.87. The maximum Gasteiger partial charge on any atom is 0.224 e. The van der Waals surface area contributed by atoms with Crippen LogP contribution in [0.2, 0.25) is 0 Å². The summed E-state index contributed by atoms with van der Waals surface area (Å²) in [7, 11) is 0. The van der Waals surface area contributed by atoms with Gasteiger partial charge in [-0.3, -0.25) is 4.79 Å². The predicted octanol–water partition coefficient (Wildman–Crippen LogP) is 1.43. The van der Waals surface area contributed by atoms with Crippen LogP contribution >= 0.6 is 0 Å². The summed E-state index contributed by atoms with van der Waals surface area (Å²) in [6.45, 7) is 4.44. The molecule has 1 heterocycles. The molecule has 0 aromatic carbocycles. The lowest BCUT2D eigenvalue weighted by Crippen LogP contribution is -2.48. The van der Waals surface area contributed by atoms with Gasteiger partial charge >= 0.3 is 0 Å². The largest absolute Gasteiger partial charge is 0.388 e. The monoisotopic (exact) mass is 268 g/mol. The number of carbonyl (C=O) groups excluding carboxylic acids is 1. The molecule has 2 rings (SSSR count). The van der Waals surface area contributed by atoms with Crippen molar-refractivity contribution in [1.82, 2.24) is 10.6 Å². The molecule has 0 bridgehead atoms. The van der Waals surface area contributed by atoms with E-state index >= 15 is 0 Å². The van der Waals surface area contributed by atoms with Gasteiger partial charge in [-0.2, -0.15) is 0 Å². The fraction of sp³-hybridized carbons (Fsp3) is 0.933. The molecule has 3 N–H and O–H groups in total. The van der Waals surface area contributed by atoms with E-state index in [-0.39, 0.29) is 11.8 Å². The summed E-state index contributed by atoms with van der Waals surface area (Å²) >= 11 is 0. The van der Waals surface area contributed by atoms with Crippen molar-refractivity contribution in [2.75, 3.05) is 19.6 Å². The topological polar surface area (TPSA) is 61.4 Å². The van der Waals surface area contributed by atoms with E-state index in [0.29, 0.717) is 6.54 Å². The normalized spacial score (nSPS) is 35.9. The Bertz CT molecular complexity index is 293. The molecule has 0 aromatic rings. The smallest absolute Gasteiger partial charge is 0.224 e. The van der Waals surface area contributed by atoms with E-state index in [4.69, 9.17) is 0 Å². The lowest BCUT2D eigenvalue weighted by Gasteiger charge is -2.36. The third-order valence-corrected chi connectivity index (χ3v) is 4.87. The van der Waals surface area contributed by atoms with E-state index in [1.54, 1.807) is 0 Å². The number of rotatable bonds is 4. The highest BCUT2D eigenvalue weighted by atomic mass is 16.3. The minimum atomic E-state index is -0.663. The van der Waals surface area contributed by atoms with Crippen molar-refractivity contribution >= 4 is 5.91 Å². The van der Waals surface area contributed by atoms with Crippen LogP contribution in [-0.2, 0) is 4.79 Å². The number of aliphatic hydroxyl groups is 1. The van der Waals surface area contributed by atoms with Crippen molar-refractivity contribution < 1.29 is 9.90 Å². The summed E-state index contributed by atoms with van der Waals surface area (Å²) in [6.07, 6.45) is 7.08. The Morgan fingerprint density at radius 1 is 1.37 bits per heavy atom. The van der Waals surface area contributed by atoms with Gasteiger partial charge < -0.3 is 15.7 Å². The Hall–Kier alpha value is -0.610. The summed E-state index contributed by atoms with van der Waals surface area (Å²) in [5, 5.41) is 16.7. The van der Waals surface area contributed by atoms with Crippen LogP contribution < -0.4 is 10.6 Å². The second-order valence-corrected chi connectivity index (χ2v) is 6.34. The highest BCUT2D eigenvalue weighted by molar-refractivity contribution is 5.79. The Morgan fingerprint density at radius 2 is 2.11 bits per heavy atom. The maximum absolute atomic E-state index is 12.0. The Balaban J connectivity index is 1.73. The lowest BCUT2D eigenvalue weighted by atomic mass is 9.78. The molecule has 2 aliphatic rings. The first kappa shape index (κ1) is 14.8. The number of hydrogen-bond acceptors (Lipinski definition) is 3. The van der Waals surface area contributed by atoms with E-state index in [9.17, 15) is 9.90 Å². The van der Waals surface area contributed by atoms with Crippen LogP contribution in [0.15, 0.2) is 0 Å². The quantitative estimate of drug-likeness (QED) is 0.723. The molecule has 19 heavy (non-hydrogen) atoms. The summed E-state index contributed by atoms with van der Waals surface area (Å²) in [4.78, 5) is 12.0. The molecule has 0 unspecified atom stereocenters. The first-order valence-corrected chi connectivity index (χ1v) is 7.84. The Kier molecular flexibility index (Phi) is 5.22. The molecule has 1 atom stereocenters. The van der Waals surface area contributed by atoms with Gasteiger partial charge in [0.05, 0.1) is 11.5 Å². The van der Waals surface area contributed by atoms with Crippen LogP contribution in [0.3, 0.4) is 0 Å². The van der Waals surface area contributed by atoms with Crippen LogP contribution in [0.25, 0.3) is 0 Å². The minimum absolute atomic E-state index is 0.0873. The minimum Gasteiger partial charge on any atom is -0.388 e. The number of nitrogens with one attached hydrogen (secondary N) is 2. The molecule has 0 spiro atoms. The molecule has 1 saturated heterocycles. The van der Waals surface area contributed by atoms with Crippen LogP contribution in [-0.4, -0.2) is 36.2 Å². The first-order chi connectivity index (χ1) is 9.13. The van der Waals surface area contributed by atoms with Gasteiger partial charge in [0.15, 0.2) is 0 Å². The van der Waals surface area contributed by atoms with Gasteiger partial charge in [-0.25, -0.2) is 0 Å². The summed E-state index contributed by atoms with van der Waals surface area (Å²) in [5.74, 6) is 0.959. The second-order valence-electron chi connectivity index (χ2n) is 6.34. The van der Waals surface area contributed by atoms with Gasteiger partial charge in [0.1, 0.15) is 0 Å². The van der Waals surface area contributed by atoms with Gasteiger partial charge in [-0.05, 0) is 51.0 Å². The summed E-state index contributed by atoms with van der Waals surface area (Å²) in [5.41, 5.74) is -0.663. The third kappa shape index (κ3) is 4.18. The van der Waals surface area contributed by atoms with Crippen molar-refractivity contribution in [3.05, 3.63) is 0 Å². The zero-order valence-electron chi connectivity index (χ0n) is 12.1. The number of amides is 1. The fourth-order valence-electron chi connectivity index (χ4n) is 3.27. The molecule has 1 amide bonds. The molecule has 0 radical (unpaired) electrons. The molecule has 2 fully saturated rings. The van der Waals surface area contributed by atoms with Gasteiger partial charge in [0.25, 0.3) is 0 Å². The lowest BCUT2D eigenvalue weighted by molar-refractivity contribution is -0.127. The molecule has 0 aromatic heterocycles. The van der Waals surface area contributed by atoms with Crippen LogP contribution in [0.1, 0.15) is 51.9 Å². The molecule has 4 heteroatoms. The second kappa shape index (κ2) is 6.71. The SMILES string of the molecule is CCC1CCC(O)(CNC(=O)[C@@H]2CCCNC2)CC1. The van der Waals surface area contributed by atoms with E-state index in [1.165, 1.54) is 6.42 Å². The van der Waals surface area contributed by atoms with E-state index < -0.39 is 5.60 Å². The molecule has 1 aliphatic heterocycles. The Labute approximate surface area is 116 Å². The van der Waals surface area contributed by atoms with E-state index in [1.807, 2.05) is 0 Å². The van der Waals surface area contributed by atoms with Crippen molar-refractivity contribution in [3.8, 4) is 0 Å². The molecule has 110 valence electrons. The van der Waals surface area contributed by atoms with Crippen molar-refractivity contribution in [1.29, 1.82) is 0 Å². The zero-order valence-corrected chi connectivity index (χ0v) is 12.1. The van der Waals surface area contributed by atoms with E-state index in [0.717, 1.165) is 57.5 Å². The van der Waals surface area contributed by atoms with Gasteiger partial charge in [0.2, 0.25) is 5.91 Å². The molecule has 1 aliphatic carbocycles. The summed E-state index contributed by atoms with van der Waals surface area (Å²) in [6, 6.07) is 0. The van der Waals surface area contributed by atoms with Crippen LogP contribution in [0, 0.1) is 11.8 Å². The highest BCUT2D eigenvalue weighted by Crippen LogP contribution is 2.33. The zero-order chi connectivity index (χ0) is 13.7. The van der Waals surface area contributed by atoms with Gasteiger partial charge in [-0.1, -0.05) is 13.3 Å². The summed E-state index contributed by atoms with van der Waals surface area (Å²) < 4.78 is 0. The number of hydrogen-bond donors (Lipinski definition) is 3. The molecule has 1 saturated carbocycles. The Morgan fingerprint density at radius 3 is 2.68 bits per heavy atom. The van der Waals surface area contributed by atoms with Crippen molar-refractivity contribution in [2.24, 2.45) is 11.8 Å². The standard InChI is InChI=1S/C15H28N2O2/c1-2-12-5-7-15(19,8-6-12)11-17-14(18)13-4-3-9-16-10-13/h12-13,16,19H,2-11H2,1H3,(H,17,18)/t12?,13-,15?/m1/s1. The maximum atomic E-state index is 12.0. The van der Waals surface area contributed by atoms with E-state index in [2.05, 4.69) is 17.6 Å². The molecular weight excluding hydrogens is 240 g/mol. The average molecular weight is 268 g/mol. The van der Waals surface area contributed by atoms with Crippen LogP contribution in [0.5, 0.6) is 0 Å². The molecule has 4 nitrogen and oxygen atoms in total. The van der Waals surface area contributed by atoms with Gasteiger partial charge in [-0.15, -0.1) is 0 Å². The fourth-order valence-corrected chi connectivity index (χ4v) is 3.27. The van der Waals surface area contributed by atoms with Gasteiger partial charge in [0, 0.05) is 13.1 Å². The highest BCUT2D eigenvalue weighted by Gasteiger charge is 2.33. The number of piperidine rings is 1. The average Bonchev–Trinajstić information content (AvgIpc) is 2.47. The number of carbonyl (C=O) groups is 1. The predicted molar refractivity (Wildman–Crippen MR) is 75.8 cm³/mol. The van der Waals surface area contributed by atoms with Crippen molar-refractivity contribution in [3.63, 3.8) is 0 Å². The first-order valence-electron chi connectivity index (χ1n) is 7.84. The van der Waals surface area contributed by atoms with Crippen molar-refractivity contribution in [2.45, 2.75) is 57.5 Å². The van der Waals surface area contributed by atoms with Crippen LogP contribution in [0.4, 0.5) is 0 Å². The molecular formula is C15H28N2O2.